The molecule has 0 unspecified atom stereocenters. The molecule has 126 valence electrons. The molecule has 0 aliphatic heterocycles. The standard InChI is InChI=1S/C19H22ClN3S/c1-12-4-3-5-16(13(12)2)21-19-18(14-8-9-24-11-14)22-17-7-6-15(20)10-23(17)19/h6-13,16,21H,3-5H2,1-2H3/t12-,13-,16+/m1/s1. The van der Waals surface area contributed by atoms with E-state index >= 15 is 0 Å². The van der Waals surface area contributed by atoms with Gasteiger partial charge in [-0.2, -0.15) is 11.3 Å². The molecule has 0 bridgehead atoms. The molecule has 1 N–H and O–H groups in total. The van der Waals surface area contributed by atoms with Gasteiger partial charge >= 0.3 is 0 Å². The monoisotopic (exact) mass is 359 g/mol. The SMILES string of the molecule is C[C@@H]1[C@H](C)CCC[C@@H]1Nc1c(-c2ccsc2)nc2ccc(Cl)cn12. The zero-order valence-electron chi connectivity index (χ0n) is 14.0. The second-order valence-electron chi connectivity index (χ2n) is 6.91. The van der Waals surface area contributed by atoms with E-state index in [1.165, 1.54) is 24.8 Å². The first-order valence-electron chi connectivity index (χ1n) is 8.60. The van der Waals surface area contributed by atoms with Crippen molar-refractivity contribution in [3.05, 3.63) is 40.2 Å². The summed E-state index contributed by atoms with van der Waals surface area (Å²) in [4.78, 5) is 4.85. The van der Waals surface area contributed by atoms with Gasteiger partial charge in [0.25, 0.3) is 0 Å². The number of pyridine rings is 1. The first-order chi connectivity index (χ1) is 11.6. The van der Waals surface area contributed by atoms with Crippen molar-refractivity contribution in [1.82, 2.24) is 9.38 Å². The molecule has 1 saturated carbocycles. The fourth-order valence-corrected chi connectivity index (χ4v) is 4.52. The molecule has 1 aliphatic carbocycles. The Morgan fingerprint density at radius 1 is 1.25 bits per heavy atom. The minimum atomic E-state index is 0.477. The fraction of sp³-hybridized carbons (Fsp3) is 0.421. The predicted molar refractivity (Wildman–Crippen MR) is 103 cm³/mol. The maximum absolute atomic E-state index is 6.25. The van der Waals surface area contributed by atoms with Gasteiger partial charge in [-0.05, 0) is 41.8 Å². The average molecular weight is 360 g/mol. The van der Waals surface area contributed by atoms with Crippen LogP contribution in [0.4, 0.5) is 5.82 Å². The molecule has 1 aliphatic rings. The average Bonchev–Trinajstić information content (AvgIpc) is 3.20. The minimum Gasteiger partial charge on any atom is -0.366 e. The van der Waals surface area contributed by atoms with Crippen molar-refractivity contribution in [3.63, 3.8) is 0 Å². The predicted octanol–water partition coefficient (Wildman–Crippen LogP) is 5.95. The molecule has 3 nitrogen and oxygen atoms in total. The van der Waals surface area contributed by atoms with Crippen molar-refractivity contribution in [2.75, 3.05) is 5.32 Å². The number of aromatic nitrogens is 2. The summed E-state index contributed by atoms with van der Waals surface area (Å²) >= 11 is 7.95. The topological polar surface area (TPSA) is 29.3 Å². The Balaban J connectivity index is 1.80. The molecular formula is C19H22ClN3S. The Labute approximate surface area is 151 Å². The lowest BCUT2D eigenvalue weighted by Crippen LogP contribution is -2.35. The number of rotatable bonds is 3. The summed E-state index contributed by atoms with van der Waals surface area (Å²) in [6.07, 6.45) is 5.78. The van der Waals surface area contributed by atoms with E-state index in [9.17, 15) is 0 Å². The molecule has 0 radical (unpaired) electrons. The van der Waals surface area contributed by atoms with Gasteiger partial charge in [0.05, 0.1) is 5.02 Å². The molecular weight excluding hydrogens is 338 g/mol. The van der Waals surface area contributed by atoms with Gasteiger partial charge in [-0.25, -0.2) is 4.98 Å². The zero-order valence-corrected chi connectivity index (χ0v) is 15.6. The van der Waals surface area contributed by atoms with Crippen LogP contribution in [-0.4, -0.2) is 15.4 Å². The summed E-state index contributed by atoms with van der Waals surface area (Å²) in [5, 5.41) is 8.79. The Bertz CT molecular complexity index is 840. The molecule has 5 heteroatoms. The zero-order chi connectivity index (χ0) is 16.7. The van der Waals surface area contributed by atoms with Crippen LogP contribution in [0.15, 0.2) is 35.2 Å². The Hall–Kier alpha value is -1.52. The summed E-state index contributed by atoms with van der Waals surface area (Å²) in [7, 11) is 0. The number of hydrogen-bond acceptors (Lipinski definition) is 3. The Kier molecular flexibility index (Phi) is 4.27. The highest BCUT2D eigenvalue weighted by molar-refractivity contribution is 7.08. The molecule has 0 saturated heterocycles. The van der Waals surface area contributed by atoms with Crippen molar-refractivity contribution >= 4 is 34.4 Å². The van der Waals surface area contributed by atoms with Crippen LogP contribution in [0.1, 0.15) is 33.1 Å². The molecule has 3 heterocycles. The number of fused-ring (bicyclic) bond motifs is 1. The van der Waals surface area contributed by atoms with Crippen LogP contribution in [0.3, 0.4) is 0 Å². The van der Waals surface area contributed by atoms with E-state index in [4.69, 9.17) is 16.6 Å². The first-order valence-corrected chi connectivity index (χ1v) is 9.92. The number of anilines is 1. The number of imidazole rings is 1. The number of thiophene rings is 1. The maximum Gasteiger partial charge on any atom is 0.139 e. The number of nitrogens with one attached hydrogen (secondary N) is 1. The van der Waals surface area contributed by atoms with Crippen LogP contribution >= 0.6 is 22.9 Å². The van der Waals surface area contributed by atoms with Crippen LogP contribution in [0.25, 0.3) is 16.9 Å². The summed E-state index contributed by atoms with van der Waals surface area (Å²) in [5.41, 5.74) is 3.11. The lowest BCUT2D eigenvalue weighted by Gasteiger charge is -2.35. The van der Waals surface area contributed by atoms with Gasteiger partial charge in [-0.3, -0.25) is 4.40 Å². The molecule has 3 aromatic rings. The third-order valence-corrected chi connectivity index (χ3v) is 6.31. The van der Waals surface area contributed by atoms with Crippen LogP contribution in [-0.2, 0) is 0 Å². The van der Waals surface area contributed by atoms with Gasteiger partial charge in [0.1, 0.15) is 17.2 Å². The third-order valence-electron chi connectivity index (χ3n) is 5.41. The summed E-state index contributed by atoms with van der Waals surface area (Å²) in [5.74, 6) is 2.47. The maximum atomic E-state index is 6.25. The van der Waals surface area contributed by atoms with Gasteiger partial charge < -0.3 is 5.32 Å². The van der Waals surface area contributed by atoms with Gasteiger partial charge in [0.15, 0.2) is 0 Å². The molecule has 0 amide bonds. The number of nitrogens with zero attached hydrogens (tertiary/aromatic N) is 2. The Morgan fingerprint density at radius 2 is 2.12 bits per heavy atom. The van der Waals surface area contributed by atoms with Crippen molar-refractivity contribution in [2.24, 2.45) is 11.8 Å². The van der Waals surface area contributed by atoms with E-state index in [1.807, 2.05) is 18.3 Å². The van der Waals surface area contributed by atoms with E-state index in [-0.39, 0.29) is 0 Å². The lowest BCUT2D eigenvalue weighted by molar-refractivity contribution is 0.253. The van der Waals surface area contributed by atoms with Crippen molar-refractivity contribution in [3.8, 4) is 11.3 Å². The van der Waals surface area contributed by atoms with Crippen molar-refractivity contribution in [1.29, 1.82) is 0 Å². The summed E-state index contributed by atoms with van der Waals surface area (Å²) < 4.78 is 2.10. The largest absolute Gasteiger partial charge is 0.366 e. The van der Waals surface area contributed by atoms with Crippen molar-refractivity contribution in [2.45, 2.75) is 39.2 Å². The van der Waals surface area contributed by atoms with Gasteiger partial charge in [0, 0.05) is 23.2 Å². The highest BCUT2D eigenvalue weighted by Crippen LogP contribution is 2.36. The fourth-order valence-electron chi connectivity index (χ4n) is 3.72. The van der Waals surface area contributed by atoms with Crippen LogP contribution in [0.2, 0.25) is 5.02 Å². The van der Waals surface area contributed by atoms with Gasteiger partial charge in [-0.1, -0.05) is 38.3 Å². The number of hydrogen-bond donors (Lipinski definition) is 1. The molecule has 24 heavy (non-hydrogen) atoms. The van der Waals surface area contributed by atoms with Crippen LogP contribution < -0.4 is 5.32 Å². The Morgan fingerprint density at radius 3 is 2.92 bits per heavy atom. The molecule has 3 atom stereocenters. The quantitative estimate of drug-likeness (QED) is 0.625. The molecule has 0 aromatic carbocycles. The van der Waals surface area contributed by atoms with Gasteiger partial charge in [-0.15, -0.1) is 0 Å². The van der Waals surface area contributed by atoms with Crippen LogP contribution in [0, 0.1) is 11.8 Å². The number of halogens is 1. The van der Waals surface area contributed by atoms with E-state index < -0.39 is 0 Å². The van der Waals surface area contributed by atoms with Gasteiger partial charge in [0.2, 0.25) is 0 Å². The van der Waals surface area contributed by atoms with Crippen molar-refractivity contribution < 1.29 is 0 Å². The molecule has 4 rings (SSSR count). The van der Waals surface area contributed by atoms with E-state index in [1.54, 1.807) is 11.3 Å². The second-order valence-corrected chi connectivity index (χ2v) is 8.13. The molecule has 1 fully saturated rings. The first kappa shape index (κ1) is 16.0. The summed E-state index contributed by atoms with van der Waals surface area (Å²) in [6, 6.07) is 6.49. The van der Waals surface area contributed by atoms with Crippen LogP contribution in [0.5, 0.6) is 0 Å². The van der Waals surface area contributed by atoms with E-state index in [2.05, 4.69) is 40.4 Å². The normalized spacial score (nSPS) is 24.4. The lowest BCUT2D eigenvalue weighted by atomic mass is 9.78. The third kappa shape index (κ3) is 2.82. The highest BCUT2D eigenvalue weighted by Gasteiger charge is 2.28. The smallest absolute Gasteiger partial charge is 0.139 e. The minimum absolute atomic E-state index is 0.477. The summed E-state index contributed by atoms with van der Waals surface area (Å²) in [6.45, 7) is 4.73. The van der Waals surface area contributed by atoms with E-state index in [0.29, 0.717) is 12.0 Å². The molecule has 0 spiro atoms. The second kappa shape index (κ2) is 6.41. The molecule has 3 aromatic heterocycles. The highest BCUT2D eigenvalue weighted by atomic mass is 35.5. The van der Waals surface area contributed by atoms with E-state index in [0.717, 1.165) is 28.1 Å².